The van der Waals surface area contributed by atoms with E-state index in [-0.39, 0.29) is 12.0 Å². The van der Waals surface area contributed by atoms with Crippen molar-refractivity contribution in [1.82, 2.24) is 5.32 Å². The molecule has 1 aliphatic rings. The van der Waals surface area contributed by atoms with E-state index in [1.165, 1.54) is 12.8 Å². The summed E-state index contributed by atoms with van der Waals surface area (Å²) in [6.07, 6.45) is 4.93. The molecule has 1 amide bonds. The van der Waals surface area contributed by atoms with Gasteiger partial charge in [0.15, 0.2) is 0 Å². The number of rotatable bonds is 8. The molecule has 4 heteroatoms. The van der Waals surface area contributed by atoms with Gasteiger partial charge in [-0.15, -0.1) is 0 Å². The van der Waals surface area contributed by atoms with Crippen LogP contribution in [0.4, 0.5) is 0 Å². The predicted octanol–water partition coefficient (Wildman–Crippen LogP) is 1.05. The number of nitrogens with two attached hydrogens (primary N) is 1. The zero-order valence-electron chi connectivity index (χ0n) is 10.4. The molecule has 94 valence electrons. The van der Waals surface area contributed by atoms with Gasteiger partial charge in [-0.1, -0.05) is 0 Å². The Balaban J connectivity index is 2.11. The van der Waals surface area contributed by atoms with Crippen molar-refractivity contribution in [2.75, 3.05) is 20.2 Å². The molecule has 16 heavy (non-hydrogen) atoms. The van der Waals surface area contributed by atoms with Crippen molar-refractivity contribution in [2.45, 2.75) is 45.1 Å². The number of hydrogen-bond donors (Lipinski definition) is 2. The summed E-state index contributed by atoms with van der Waals surface area (Å²) in [7, 11) is 1.67. The first-order valence-corrected chi connectivity index (χ1v) is 6.11. The lowest BCUT2D eigenvalue weighted by molar-refractivity contribution is -0.122. The highest BCUT2D eigenvalue weighted by molar-refractivity contribution is 5.75. The maximum Gasteiger partial charge on any atom is 0.220 e. The minimum atomic E-state index is 0.132. The van der Waals surface area contributed by atoms with Crippen molar-refractivity contribution < 1.29 is 9.53 Å². The Morgan fingerprint density at radius 3 is 2.75 bits per heavy atom. The summed E-state index contributed by atoms with van der Waals surface area (Å²) >= 11 is 0. The summed E-state index contributed by atoms with van der Waals surface area (Å²) in [5.74, 6) is 0.132. The van der Waals surface area contributed by atoms with Crippen molar-refractivity contribution in [1.29, 1.82) is 0 Å². The Hall–Kier alpha value is -0.610. The minimum Gasteiger partial charge on any atom is -0.382 e. The van der Waals surface area contributed by atoms with Crippen LogP contribution in [0.15, 0.2) is 0 Å². The van der Waals surface area contributed by atoms with E-state index >= 15 is 0 Å². The number of nitrogens with one attached hydrogen (secondary N) is 1. The van der Waals surface area contributed by atoms with Gasteiger partial charge in [0.2, 0.25) is 5.91 Å². The average molecular weight is 228 g/mol. The van der Waals surface area contributed by atoms with Crippen LogP contribution < -0.4 is 11.1 Å². The van der Waals surface area contributed by atoms with Crippen LogP contribution >= 0.6 is 0 Å². The van der Waals surface area contributed by atoms with Gasteiger partial charge in [-0.05, 0) is 44.6 Å². The van der Waals surface area contributed by atoms with Crippen LogP contribution in [0.3, 0.4) is 0 Å². The molecule has 1 atom stereocenters. The second-order valence-electron chi connectivity index (χ2n) is 4.90. The molecule has 0 heterocycles. The van der Waals surface area contributed by atoms with Gasteiger partial charge in [0.25, 0.3) is 0 Å². The number of carbonyl (C=O) groups is 1. The quantitative estimate of drug-likeness (QED) is 0.652. The van der Waals surface area contributed by atoms with Gasteiger partial charge in [0, 0.05) is 20.1 Å². The first-order valence-electron chi connectivity index (χ1n) is 6.11. The van der Waals surface area contributed by atoms with Crippen LogP contribution in [0.2, 0.25) is 0 Å². The zero-order valence-corrected chi connectivity index (χ0v) is 10.4. The number of ether oxygens (including phenoxy) is 1. The van der Waals surface area contributed by atoms with E-state index in [0.717, 1.165) is 25.9 Å². The summed E-state index contributed by atoms with van der Waals surface area (Å²) in [5.41, 5.74) is 5.88. The highest BCUT2D eigenvalue weighted by Crippen LogP contribution is 2.47. The molecule has 4 nitrogen and oxygen atoms in total. The van der Waals surface area contributed by atoms with Crippen molar-refractivity contribution in [3.8, 4) is 0 Å². The highest BCUT2D eigenvalue weighted by atomic mass is 16.5. The Labute approximate surface area is 97.9 Å². The maximum absolute atomic E-state index is 11.5. The van der Waals surface area contributed by atoms with Gasteiger partial charge in [0.05, 0.1) is 6.10 Å². The summed E-state index contributed by atoms with van der Waals surface area (Å²) in [6, 6.07) is 0. The molecule has 0 aliphatic heterocycles. The van der Waals surface area contributed by atoms with Gasteiger partial charge in [0.1, 0.15) is 0 Å². The van der Waals surface area contributed by atoms with Crippen LogP contribution in [-0.2, 0) is 9.53 Å². The number of amides is 1. The molecule has 3 N–H and O–H groups in total. The molecule has 1 rings (SSSR count). The fourth-order valence-electron chi connectivity index (χ4n) is 1.82. The third kappa shape index (κ3) is 4.49. The highest BCUT2D eigenvalue weighted by Gasteiger charge is 2.41. The van der Waals surface area contributed by atoms with Crippen molar-refractivity contribution in [3.63, 3.8) is 0 Å². The largest absolute Gasteiger partial charge is 0.382 e. The summed E-state index contributed by atoms with van der Waals surface area (Å²) in [4.78, 5) is 11.5. The minimum absolute atomic E-state index is 0.132. The van der Waals surface area contributed by atoms with Gasteiger partial charge in [-0.3, -0.25) is 4.79 Å². The topological polar surface area (TPSA) is 64.3 Å². The molecule has 0 aromatic carbocycles. The lowest BCUT2D eigenvalue weighted by Gasteiger charge is -2.15. The molecule has 0 spiro atoms. The number of hydrogen-bond acceptors (Lipinski definition) is 3. The van der Waals surface area contributed by atoms with Crippen LogP contribution in [-0.4, -0.2) is 32.2 Å². The molecule has 0 radical (unpaired) electrons. The number of methoxy groups -OCH3 is 1. The van der Waals surface area contributed by atoms with Gasteiger partial charge >= 0.3 is 0 Å². The fraction of sp³-hybridized carbons (Fsp3) is 0.917. The molecule has 1 aliphatic carbocycles. The molecular formula is C12H24N2O2. The Bertz CT molecular complexity index is 227. The maximum atomic E-state index is 11.5. The molecular weight excluding hydrogens is 204 g/mol. The van der Waals surface area contributed by atoms with Crippen molar-refractivity contribution in [3.05, 3.63) is 0 Å². The Morgan fingerprint density at radius 2 is 2.25 bits per heavy atom. The average Bonchev–Trinajstić information content (AvgIpc) is 3.04. The molecule has 1 saturated carbocycles. The first-order chi connectivity index (χ1) is 7.62. The van der Waals surface area contributed by atoms with E-state index in [9.17, 15) is 4.79 Å². The molecule has 0 saturated heterocycles. The van der Waals surface area contributed by atoms with Gasteiger partial charge < -0.3 is 15.8 Å². The molecule has 0 bridgehead atoms. The normalized spacial score (nSPS) is 19.2. The van der Waals surface area contributed by atoms with E-state index < -0.39 is 0 Å². The number of carbonyl (C=O) groups excluding carboxylic acids is 1. The SMILES string of the molecule is COC(C)CCC(=O)NCC1(CCN)CC1. The zero-order chi connectivity index (χ0) is 12.0. The second kappa shape index (κ2) is 6.21. The third-order valence-corrected chi connectivity index (χ3v) is 3.47. The summed E-state index contributed by atoms with van der Waals surface area (Å²) in [6.45, 7) is 3.49. The molecule has 1 fully saturated rings. The lowest BCUT2D eigenvalue weighted by Crippen LogP contribution is -2.31. The Kier molecular flexibility index (Phi) is 5.22. The third-order valence-electron chi connectivity index (χ3n) is 3.47. The Morgan fingerprint density at radius 1 is 1.56 bits per heavy atom. The second-order valence-corrected chi connectivity index (χ2v) is 4.90. The van der Waals surface area contributed by atoms with E-state index in [0.29, 0.717) is 11.8 Å². The van der Waals surface area contributed by atoms with E-state index in [1.54, 1.807) is 7.11 Å². The standard InChI is InChI=1S/C12H24N2O2/c1-10(16-2)3-4-11(15)14-9-12(5-6-12)7-8-13/h10H,3-9,13H2,1-2H3,(H,14,15). The van der Waals surface area contributed by atoms with Crippen molar-refractivity contribution >= 4 is 5.91 Å². The van der Waals surface area contributed by atoms with Crippen LogP contribution in [0.1, 0.15) is 39.0 Å². The van der Waals surface area contributed by atoms with Crippen LogP contribution in [0.5, 0.6) is 0 Å². The summed E-state index contributed by atoms with van der Waals surface area (Å²) < 4.78 is 5.10. The van der Waals surface area contributed by atoms with Gasteiger partial charge in [-0.2, -0.15) is 0 Å². The molecule has 0 aromatic heterocycles. The first kappa shape index (κ1) is 13.5. The molecule has 1 unspecified atom stereocenters. The van der Waals surface area contributed by atoms with Crippen LogP contribution in [0.25, 0.3) is 0 Å². The predicted molar refractivity (Wildman–Crippen MR) is 64.1 cm³/mol. The monoisotopic (exact) mass is 228 g/mol. The van der Waals surface area contributed by atoms with Crippen LogP contribution in [0, 0.1) is 5.41 Å². The smallest absolute Gasteiger partial charge is 0.220 e. The fourth-order valence-corrected chi connectivity index (χ4v) is 1.82. The van der Waals surface area contributed by atoms with E-state index in [4.69, 9.17) is 10.5 Å². The van der Waals surface area contributed by atoms with Crippen molar-refractivity contribution in [2.24, 2.45) is 11.1 Å². The van der Waals surface area contributed by atoms with Gasteiger partial charge in [-0.25, -0.2) is 0 Å². The molecule has 0 aromatic rings. The summed E-state index contributed by atoms with van der Waals surface area (Å²) in [5, 5.41) is 3.00. The lowest BCUT2D eigenvalue weighted by atomic mass is 10.0. The van der Waals surface area contributed by atoms with E-state index in [1.807, 2.05) is 6.92 Å². The van der Waals surface area contributed by atoms with E-state index in [2.05, 4.69) is 5.32 Å².